The molecule has 1 fully saturated rings. The SMILES string of the molecule is CCOC(=O)c1c(C2CC2)csc1NC(=O)c1ccccc1F. The molecular formula is C17H16FNO3S. The topological polar surface area (TPSA) is 55.4 Å². The Morgan fingerprint density at radius 3 is 2.74 bits per heavy atom. The Morgan fingerprint density at radius 2 is 2.09 bits per heavy atom. The summed E-state index contributed by atoms with van der Waals surface area (Å²) in [5.74, 6) is -1.26. The number of carbonyl (C=O) groups excluding carboxylic acids is 2. The molecule has 0 aliphatic heterocycles. The molecule has 1 saturated carbocycles. The van der Waals surface area contributed by atoms with E-state index < -0.39 is 17.7 Å². The van der Waals surface area contributed by atoms with Crippen LogP contribution in [0.15, 0.2) is 29.6 Å². The monoisotopic (exact) mass is 333 g/mol. The first kappa shape index (κ1) is 15.7. The number of thiophene rings is 1. The zero-order chi connectivity index (χ0) is 16.4. The highest BCUT2D eigenvalue weighted by molar-refractivity contribution is 7.15. The van der Waals surface area contributed by atoms with Crippen LogP contribution in [0.25, 0.3) is 0 Å². The maximum atomic E-state index is 13.7. The van der Waals surface area contributed by atoms with Gasteiger partial charge < -0.3 is 10.1 Å². The largest absolute Gasteiger partial charge is 0.462 e. The van der Waals surface area contributed by atoms with Crippen molar-refractivity contribution in [3.8, 4) is 0 Å². The summed E-state index contributed by atoms with van der Waals surface area (Å²) in [5.41, 5.74) is 1.27. The molecule has 1 aliphatic rings. The minimum absolute atomic E-state index is 0.0521. The van der Waals surface area contributed by atoms with Gasteiger partial charge >= 0.3 is 5.97 Å². The second kappa shape index (κ2) is 6.50. The highest BCUT2D eigenvalue weighted by Crippen LogP contribution is 2.46. The van der Waals surface area contributed by atoms with Gasteiger partial charge in [0.1, 0.15) is 10.8 Å². The van der Waals surface area contributed by atoms with Gasteiger partial charge in [-0.05, 0) is 48.8 Å². The summed E-state index contributed by atoms with van der Waals surface area (Å²) >= 11 is 1.27. The van der Waals surface area contributed by atoms with Crippen molar-refractivity contribution in [3.63, 3.8) is 0 Å². The van der Waals surface area contributed by atoms with Gasteiger partial charge in [-0.1, -0.05) is 12.1 Å². The van der Waals surface area contributed by atoms with Gasteiger partial charge in [-0.15, -0.1) is 11.3 Å². The summed E-state index contributed by atoms with van der Waals surface area (Å²) in [7, 11) is 0. The van der Waals surface area contributed by atoms with E-state index in [1.54, 1.807) is 13.0 Å². The van der Waals surface area contributed by atoms with E-state index in [9.17, 15) is 14.0 Å². The summed E-state index contributed by atoms with van der Waals surface area (Å²) in [6.07, 6.45) is 2.06. The smallest absolute Gasteiger partial charge is 0.341 e. The molecule has 1 aliphatic carbocycles. The number of ether oxygens (including phenoxy) is 1. The number of hydrogen-bond donors (Lipinski definition) is 1. The highest BCUT2D eigenvalue weighted by Gasteiger charge is 2.32. The number of esters is 1. The summed E-state index contributed by atoms with van der Waals surface area (Å²) in [5, 5.41) is 4.94. The van der Waals surface area contributed by atoms with Gasteiger partial charge in [0, 0.05) is 0 Å². The fraction of sp³-hybridized carbons (Fsp3) is 0.294. The third-order valence-electron chi connectivity index (χ3n) is 3.66. The predicted molar refractivity (Wildman–Crippen MR) is 86.6 cm³/mol. The molecule has 3 rings (SSSR count). The predicted octanol–water partition coefficient (Wildman–Crippen LogP) is 4.19. The molecule has 0 spiro atoms. The van der Waals surface area contributed by atoms with Crippen molar-refractivity contribution in [2.75, 3.05) is 11.9 Å². The van der Waals surface area contributed by atoms with E-state index in [2.05, 4.69) is 5.32 Å². The van der Waals surface area contributed by atoms with Crippen molar-refractivity contribution in [1.82, 2.24) is 0 Å². The van der Waals surface area contributed by atoms with Crippen LogP contribution in [0.5, 0.6) is 0 Å². The van der Waals surface area contributed by atoms with Crippen molar-refractivity contribution in [1.29, 1.82) is 0 Å². The molecule has 4 nitrogen and oxygen atoms in total. The molecule has 0 unspecified atom stereocenters. The lowest BCUT2D eigenvalue weighted by molar-refractivity contribution is 0.0527. The molecule has 1 aromatic carbocycles. The molecule has 1 aromatic heterocycles. The van der Waals surface area contributed by atoms with Crippen LogP contribution in [0.2, 0.25) is 0 Å². The van der Waals surface area contributed by atoms with E-state index in [1.165, 1.54) is 29.5 Å². The minimum atomic E-state index is -0.596. The molecule has 0 bridgehead atoms. The fourth-order valence-corrected chi connectivity index (χ4v) is 3.41. The average Bonchev–Trinajstić information content (AvgIpc) is 3.29. The van der Waals surface area contributed by atoms with Gasteiger partial charge in [0.2, 0.25) is 0 Å². The molecule has 1 N–H and O–H groups in total. The summed E-state index contributed by atoms with van der Waals surface area (Å²) in [6, 6.07) is 5.75. The Balaban J connectivity index is 1.89. The van der Waals surface area contributed by atoms with Crippen LogP contribution in [0.4, 0.5) is 9.39 Å². The van der Waals surface area contributed by atoms with E-state index in [1.807, 2.05) is 5.38 Å². The van der Waals surface area contributed by atoms with Crippen molar-refractivity contribution in [2.24, 2.45) is 0 Å². The molecule has 6 heteroatoms. The second-order valence-electron chi connectivity index (χ2n) is 5.32. The van der Waals surface area contributed by atoms with Crippen molar-refractivity contribution < 1.29 is 18.7 Å². The molecule has 0 atom stereocenters. The molecule has 23 heavy (non-hydrogen) atoms. The van der Waals surface area contributed by atoms with Crippen LogP contribution >= 0.6 is 11.3 Å². The van der Waals surface area contributed by atoms with Crippen LogP contribution in [0, 0.1) is 5.82 Å². The maximum absolute atomic E-state index is 13.7. The summed E-state index contributed by atoms with van der Waals surface area (Å²) in [6.45, 7) is 2.00. The van der Waals surface area contributed by atoms with Gasteiger partial charge in [-0.25, -0.2) is 9.18 Å². The number of carbonyl (C=O) groups is 2. The van der Waals surface area contributed by atoms with E-state index in [-0.39, 0.29) is 12.2 Å². The quantitative estimate of drug-likeness (QED) is 0.835. The number of hydrogen-bond acceptors (Lipinski definition) is 4. The third-order valence-corrected chi connectivity index (χ3v) is 4.58. The van der Waals surface area contributed by atoms with Crippen molar-refractivity contribution in [2.45, 2.75) is 25.7 Å². The van der Waals surface area contributed by atoms with Crippen LogP contribution in [-0.4, -0.2) is 18.5 Å². The lowest BCUT2D eigenvalue weighted by atomic mass is 10.1. The molecule has 2 aromatic rings. The Morgan fingerprint density at radius 1 is 1.35 bits per heavy atom. The summed E-state index contributed by atoms with van der Waals surface area (Å²) in [4.78, 5) is 24.5. The minimum Gasteiger partial charge on any atom is -0.462 e. The van der Waals surface area contributed by atoms with Crippen LogP contribution < -0.4 is 5.32 Å². The number of nitrogens with one attached hydrogen (secondary N) is 1. The van der Waals surface area contributed by atoms with E-state index in [0.29, 0.717) is 16.5 Å². The normalized spacial score (nSPS) is 13.7. The Kier molecular flexibility index (Phi) is 4.43. The number of rotatable bonds is 5. The standard InChI is InChI=1S/C17H16FNO3S/c1-2-22-17(21)14-12(10-7-8-10)9-23-16(14)19-15(20)11-5-3-4-6-13(11)18/h3-6,9-10H,2,7-8H2,1H3,(H,19,20). The molecular weight excluding hydrogens is 317 g/mol. The van der Waals surface area contributed by atoms with Crippen molar-refractivity contribution in [3.05, 3.63) is 52.2 Å². The lowest BCUT2D eigenvalue weighted by Gasteiger charge is -2.08. The number of amides is 1. The zero-order valence-electron chi connectivity index (χ0n) is 12.6. The Labute approximate surface area is 137 Å². The first-order valence-electron chi connectivity index (χ1n) is 7.46. The Bertz CT molecular complexity index is 752. The third kappa shape index (κ3) is 3.27. The van der Waals surface area contributed by atoms with Crippen LogP contribution in [-0.2, 0) is 4.74 Å². The maximum Gasteiger partial charge on any atom is 0.341 e. The summed E-state index contributed by atoms with van der Waals surface area (Å²) < 4.78 is 18.8. The van der Waals surface area contributed by atoms with Gasteiger partial charge in [0.05, 0.1) is 17.7 Å². The van der Waals surface area contributed by atoms with Gasteiger partial charge in [0.15, 0.2) is 0 Å². The number of anilines is 1. The van der Waals surface area contributed by atoms with Gasteiger partial charge in [0.25, 0.3) is 5.91 Å². The number of halogens is 1. The lowest BCUT2D eigenvalue weighted by Crippen LogP contribution is -2.16. The second-order valence-corrected chi connectivity index (χ2v) is 6.20. The van der Waals surface area contributed by atoms with E-state index >= 15 is 0 Å². The van der Waals surface area contributed by atoms with Gasteiger partial charge in [-0.3, -0.25) is 4.79 Å². The molecule has 1 heterocycles. The van der Waals surface area contributed by atoms with E-state index in [0.717, 1.165) is 18.4 Å². The van der Waals surface area contributed by atoms with E-state index in [4.69, 9.17) is 4.74 Å². The Hall–Kier alpha value is -2.21. The van der Waals surface area contributed by atoms with Crippen molar-refractivity contribution >= 4 is 28.2 Å². The number of benzene rings is 1. The average molecular weight is 333 g/mol. The van der Waals surface area contributed by atoms with Crippen LogP contribution in [0.3, 0.4) is 0 Å². The zero-order valence-corrected chi connectivity index (χ0v) is 13.4. The fourth-order valence-electron chi connectivity index (χ4n) is 2.39. The first-order chi connectivity index (χ1) is 11.1. The molecule has 120 valence electrons. The molecule has 0 radical (unpaired) electrons. The first-order valence-corrected chi connectivity index (χ1v) is 8.34. The molecule has 0 saturated heterocycles. The molecule has 1 amide bonds. The highest BCUT2D eigenvalue weighted by atomic mass is 32.1. The van der Waals surface area contributed by atoms with Crippen LogP contribution in [0.1, 0.15) is 52.0 Å². The van der Waals surface area contributed by atoms with Gasteiger partial charge in [-0.2, -0.15) is 0 Å².